The number of Topliss-reactive ketones (excluding diaryl/α,β-unsaturated/α-hetero) is 1. The molecule has 14 heavy (non-hydrogen) atoms. The molecule has 0 N–H and O–H groups in total. The first-order valence-corrected chi connectivity index (χ1v) is 5.17. The molecule has 1 aromatic carbocycles. The fourth-order valence-corrected chi connectivity index (χ4v) is 2.20. The Labute approximate surface area is 99.5 Å². The molecule has 0 atom stereocenters. The fraction of sp³-hybridized carbons (Fsp3) is 0.222. The highest BCUT2D eigenvalue weighted by atomic mass is 127. The summed E-state index contributed by atoms with van der Waals surface area (Å²) in [5, 5.41) is -0.0691. The predicted octanol–water partition coefficient (Wildman–Crippen LogP) is 3.29. The van der Waals surface area contributed by atoms with E-state index in [1.165, 1.54) is 20.1 Å². The summed E-state index contributed by atoms with van der Waals surface area (Å²) < 4.78 is 18.5. The molecule has 76 valence electrons. The van der Waals surface area contributed by atoms with Crippen molar-refractivity contribution in [2.75, 3.05) is 7.11 Å². The van der Waals surface area contributed by atoms with Crippen molar-refractivity contribution >= 4 is 40.0 Å². The zero-order valence-electron chi connectivity index (χ0n) is 7.53. The molecular formula is C9H7ClFIO2. The lowest BCUT2D eigenvalue weighted by Gasteiger charge is -2.09. The second-order valence-corrected chi connectivity index (χ2v) is 4.11. The van der Waals surface area contributed by atoms with Gasteiger partial charge in [0.05, 0.1) is 21.3 Å². The second-order valence-electron chi connectivity index (χ2n) is 2.62. The molecule has 0 amide bonds. The van der Waals surface area contributed by atoms with Crippen molar-refractivity contribution in [2.45, 2.75) is 6.92 Å². The molecule has 0 unspecified atom stereocenters. The van der Waals surface area contributed by atoms with Crippen molar-refractivity contribution in [3.63, 3.8) is 0 Å². The van der Waals surface area contributed by atoms with Gasteiger partial charge in [-0.1, -0.05) is 11.6 Å². The first-order chi connectivity index (χ1) is 6.49. The number of ketones is 1. The third-order valence-electron chi connectivity index (χ3n) is 1.70. The van der Waals surface area contributed by atoms with E-state index in [9.17, 15) is 9.18 Å². The maximum atomic E-state index is 13.3. The van der Waals surface area contributed by atoms with E-state index in [0.717, 1.165) is 0 Å². The Hall–Kier alpha value is -0.360. The van der Waals surface area contributed by atoms with Crippen molar-refractivity contribution in [2.24, 2.45) is 0 Å². The SMILES string of the molecule is COc1c(C(C)=O)cc(Cl)c(F)c1I. The normalized spacial score (nSPS) is 10.1. The maximum Gasteiger partial charge on any atom is 0.163 e. The van der Waals surface area contributed by atoms with Gasteiger partial charge in [0.15, 0.2) is 11.6 Å². The standard InChI is InChI=1S/C9H7ClFIO2/c1-4(13)5-3-6(10)7(11)8(12)9(5)14-2/h3H,1-2H3. The molecule has 1 aromatic rings. The Balaban J connectivity index is 3.51. The van der Waals surface area contributed by atoms with Crippen LogP contribution in [0.4, 0.5) is 4.39 Å². The highest BCUT2D eigenvalue weighted by molar-refractivity contribution is 14.1. The van der Waals surface area contributed by atoms with Crippen LogP contribution in [0.1, 0.15) is 17.3 Å². The minimum atomic E-state index is -0.561. The van der Waals surface area contributed by atoms with E-state index >= 15 is 0 Å². The molecule has 0 bridgehead atoms. The molecule has 0 spiro atoms. The van der Waals surface area contributed by atoms with Crippen LogP contribution in [0.3, 0.4) is 0 Å². The molecule has 0 radical (unpaired) electrons. The number of ether oxygens (including phenoxy) is 1. The van der Waals surface area contributed by atoms with Gasteiger partial charge in [0.1, 0.15) is 5.75 Å². The number of hydrogen-bond acceptors (Lipinski definition) is 2. The van der Waals surface area contributed by atoms with Crippen molar-refractivity contribution in [1.29, 1.82) is 0 Å². The predicted molar refractivity (Wildman–Crippen MR) is 60.7 cm³/mol. The lowest BCUT2D eigenvalue weighted by molar-refractivity contribution is 0.101. The van der Waals surface area contributed by atoms with Crippen LogP contribution in [-0.2, 0) is 0 Å². The smallest absolute Gasteiger partial charge is 0.163 e. The molecule has 0 aliphatic carbocycles. The quantitative estimate of drug-likeness (QED) is 0.473. The van der Waals surface area contributed by atoms with Gasteiger partial charge in [-0.05, 0) is 35.6 Å². The summed E-state index contributed by atoms with van der Waals surface area (Å²) in [4.78, 5) is 11.2. The molecule has 0 fully saturated rings. The van der Waals surface area contributed by atoms with Crippen LogP contribution in [0.25, 0.3) is 0 Å². The Morgan fingerprint density at radius 3 is 2.64 bits per heavy atom. The van der Waals surface area contributed by atoms with Gasteiger partial charge < -0.3 is 4.74 Å². The molecule has 5 heteroatoms. The van der Waals surface area contributed by atoms with Crippen LogP contribution < -0.4 is 4.74 Å². The lowest BCUT2D eigenvalue weighted by atomic mass is 10.1. The molecular weight excluding hydrogens is 321 g/mol. The van der Waals surface area contributed by atoms with Gasteiger partial charge in [0.2, 0.25) is 0 Å². The van der Waals surface area contributed by atoms with Gasteiger partial charge in [0, 0.05) is 0 Å². The van der Waals surface area contributed by atoms with Crippen LogP contribution in [0.15, 0.2) is 6.07 Å². The zero-order valence-corrected chi connectivity index (χ0v) is 10.4. The lowest BCUT2D eigenvalue weighted by Crippen LogP contribution is -2.02. The number of carbonyl (C=O) groups excluding carboxylic acids is 1. The van der Waals surface area contributed by atoms with Gasteiger partial charge in [-0.25, -0.2) is 4.39 Å². The second kappa shape index (κ2) is 4.44. The number of hydrogen-bond donors (Lipinski definition) is 0. The van der Waals surface area contributed by atoms with Crippen molar-refractivity contribution in [3.8, 4) is 5.75 Å². The molecule has 0 aromatic heterocycles. The third kappa shape index (κ3) is 2.00. The maximum absolute atomic E-state index is 13.3. The van der Waals surface area contributed by atoms with Gasteiger partial charge in [-0.15, -0.1) is 0 Å². The number of methoxy groups -OCH3 is 1. The average molecular weight is 329 g/mol. The minimum Gasteiger partial charge on any atom is -0.495 e. The van der Waals surface area contributed by atoms with Crippen LogP contribution in [0.2, 0.25) is 5.02 Å². The van der Waals surface area contributed by atoms with E-state index in [-0.39, 0.29) is 20.1 Å². The Bertz CT molecular complexity index is 393. The summed E-state index contributed by atoms with van der Waals surface area (Å²) >= 11 is 7.36. The van der Waals surface area contributed by atoms with E-state index < -0.39 is 5.82 Å². The van der Waals surface area contributed by atoms with Gasteiger partial charge in [0.25, 0.3) is 0 Å². The highest BCUT2D eigenvalue weighted by Crippen LogP contribution is 2.32. The molecule has 0 saturated carbocycles. The number of rotatable bonds is 2. The first-order valence-electron chi connectivity index (χ1n) is 3.71. The first kappa shape index (κ1) is 11.7. The van der Waals surface area contributed by atoms with E-state index in [1.807, 2.05) is 0 Å². The van der Waals surface area contributed by atoms with Gasteiger partial charge in [-0.2, -0.15) is 0 Å². The molecule has 0 aliphatic rings. The van der Waals surface area contributed by atoms with Crippen molar-refractivity contribution in [1.82, 2.24) is 0 Å². The summed E-state index contributed by atoms with van der Waals surface area (Å²) in [5.41, 5.74) is 0.295. The summed E-state index contributed by atoms with van der Waals surface area (Å²) in [6.45, 7) is 1.38. The van der Waals surface area contributed by atoms with Crippen LogP contribution in [0.5, 0.6) is 5.75 Å². The Morgan fingerprint density at radius 2 is 2.21 bits per heavy atom. The number of halogens is 3. The largest absolute Gasteiger partial charge is 0.495 e. The zero-order chi connectivity index (χ0) is 10.9. The summed E-state index contributed by atoms with van der Waals surface area (Å²) in [5.74, 6) is -0.532. The fourth-order valence-electron chi connectivity index (χ4n) is 1.04. The molecule has 0 heterocycles. The molecule has 0 aliphatic heterocycles. The monoisotopic (exact) mass is 328 g/mol. The Morgan fingerprint density at radius 1 is 1.64 bits per heavy atom. The molecule has 1 rings (SSSR count). The minimum absolute atomic E-state index is 0.0691. The van der Waals surface area contributed by atoms with Crippen molar-refractivity contribution < 1.29 is 13.9 Å². The van der Waals surface area contributed by atoms with Crippen LogP contribution in [-0.4, -0.2) is 12.9 Å². The number of benzene rings is 1. The van der Waals surface area contributed by atoms with E-state index in [0.29, 0.717) is 5.56 Å². The van der Waals surface area contributed by atoms with Crippen LogP contribution in [0, 0.1) is 9.39 Å². The summed E-state index contributed by atoms with van der Waals surface area (Å²) in [6.07, 6.45) is 0. The molecule has 0 saturated heterocycles. The number of carbonyl (C=O) groups is 1. The van der Waals surface area contributed by atoms with Gasteiger partial charge >= 0.3 is 0 Å². The van der Waals surface area contributed by atoms with Crippen LogP contribution >= 0.6 is 34.2 Å². The van der Waals surface area contributed by atoms with E-state index in [2.05, 4.69) is 0 Å². The van der Waals surface area contributed by atoms with Gasteiger partial charge in [-0.3, -0.25) is 4.79 Å². The topological polar surface area (TPSA) is 26.3 Å². The highest BCUT2D eigenvalue weighted by Gasteiger charge is 2.18. The average Bonchev–Trinajstić information content (AvgIpc) is 2.13. The third-order valence-corrected chi connectivity index (χ3v) is 2.94. The summed E-state index contributed by atoms with van der Waals surface area (Å²) in [7, 11) is 1.39. The van der Waals surface area contributed by atoms with E-state index in [1.54, 1.807) is 22.6 Å². The molecule has 2 nitrogen and oxygen atoms in total. The summed E-state index contributed by atoms with van der Waals surface area (Å²) in [6, 6.07) is 1.28. The Kier molecular flexibility index (Phi) is 3.71. The van der Waals surface area contributed by atoms with Crippen molar-refractivity contribution in [3.05, 3.63) is 26.0 Å². The van der Waals surface area contributed by atoms with E-state index in [4.69, 9.17) is 16.3 Å².